The Balaban J connectivity index is 2.29. The fourth-order valence-electron chi connectivity index (χ4n) is 2.36. The predicted molar refractivity (Wildman–Crippen MR) is 87.0 cm³/mol. The first-order chi connectivity index (χ1) is 10.0. The molecule has 0 unspecified atom stereocenters. The van der Waals surface area contributed by atoms with Crippen molar-refractivity contribution >= 4 is 21.8 Å². The fourth-order valence-corrected chi connectivity index (χ4v) is 2.62. The monoisotopic (exact) mass is 350 g/mol. The molecule has 5 heteroatoms. The van der Waals surface area contributed by atoms with E-state index in [0.717, 1.165) is 21.5 Å². The van der Waals surface area contributed by atoms with Crippen LogP contribution in [0.2, 0.25) is 0 Å². The van der Waals surface area contributed by atoms with Crippen molar-refractivity contribution in [2.24, 2.45) is 0 Å². The molecule has 0 aliphatic heterocycles. The van der Waals surface area contributed by atoms with Crippen molar-refractivity contribution < 1.29 is 9.90 Å². The van der Waals surface area contributed by atoms with Crippen molar-refractivity contribution in [2.75, 3.05) is 13.2 Å². The van der Waals surface area contributed by atoms with Gasteiger partial charge in [-0.15, -0.1) is 0 Å². The van der Waals surface area contributed by atoms with Gasteiger partial charge in [-0.1, -0.05) is 15.9 Å². The topological polar surface area (TPSA) is 54.3 Å². The van der Waals surface area contributed by atoms with E-state index < -0.39 is 0 Å². The number of hydrogen-bond donors (Lipinski definition) is 2. The van der Waals surface area contributed by atoms with Crippen molar-refractivity contribution in [3.8, 4) is 5.69 Å². The summed E-state index contributed by atoms with van der Waals surface area (Å²) >= 11 is 3.42. The summed E-state index contributed by atoms with van der Waals surface area (Å²) in [7, 11) is 0. The largest absolute Gasteiger partial charge is 0.396 e. The zero-order chi connectivity index (χ0) is 15.4. The van der Waals surface area contributed by atoms with E-state index in [1.807, 2.05) is 44.2 Å². The van der Waals surface area contributed by atoms with Gasteiger partial charge in [0.25, 0.3) is 5.91 Å². The average molecular weight is 351 g/mol. The van der Waals surface area contributed by atoms with E-state index in [1.54, 1.807) is 0 Å². The van der Waals surface area contributed by atoms with Crippen LogP contribution < -0.4 is 5.32 Å². The van der Waals surface area contributed by atoms with Crippen LogP contribution in [-0.4, -0.2) is 28.7 Å². The molecule has 4 nitrogen and oxygen atoms in total. The smallest absolute Gasteiger partial charge is 0.253 e. The molecule has 0 radical (unpaired) electrons. The third-order valence-corrected chi connectivity index (χ3v) is 3.91. The van der Waals surface area contributed by atoms with Gasteiger partial charge < -0.3 is 15.0 Å². The average Bonchev–Trinajstić information content (AvgIpc) is 2.76. The van der Waals surface area contributed by atoms with Crippen LogP contribution in [0.4, 0.5) is 0 Å². The molecule has 0 spiro atoms. The molecule has 0 fully saturated rings. The lowest BCUT2D eigenvalue weighted by Crippen LogP contribution is -2.25. The first-order valence-electron chi connectivity index (χ1n) is 6.88. The number of nitrogens with one attached hydrogen (secondary N) is 1. The molecule has 1 aromatic carbocycles. The number of rotatable bonds is 5. The van der Waals surface area contributed by atoms with Crippen LogP contribution in [0.5, 0.6) is 0 Å². The summed E-state index contributed by atoms with van der Waals surface area (Å²) < 4.78 is 3.09. The summed E-state index contributed by atoms with van der Waals surface area (Å²) in [5.41, 5.74) is 3.63. The van der Waals surface area contributed by atoms with Gasteiger partial charge >= 0.3 is 0 Å². The van der Waals surface area contributed by atoms with Crippen molar-refractivity contribution in [3.05, 3.63) is 51.8 Å². The number of halogens is 1. The number of aliphatic hydroxyl groups is 1. The SMILES string of the molecule is Cc1cc(C(=O)NCCCO)c(C)n1-c1ccc(Br)cc1. The van der Waals surface area contributed by atoms with Gasteiger partial charge in [0.2, 0.25) is 0 Å². The highest BCUT2D eigenvalue weighted by atomic mass is 79.9. The Morgan fingerprint density at radius 1 is 1.29 bits per heavy atom. The third kappa shape index (κ3) is 3.54. The van der Waals surface area contributed by atoms with Gasteiger partial charge in [-0.2, -0.15) is 0 Å². The number of benzene rings is 1. The van der Waals surface area contributed by atoms with Crippen molar-refractivity contribution in [1.82, 2.24) is 9.88 Å². The maximum Gasteiger partial charge on any atom is 0.253 e. The van der Waals surface area contributed by atoms with Crippen LogP contribution in [0.25, 0.3) is 5.69 Å². The molecule has 0 saturated heterocycles. The zero-order valence-corrected chi connectivity index (χ0v) is 13.8. The van der Waals surface area contributed by atoms with E-state index in [2.05, 4.69) is 25.8 Å². The number of aryl methyl sites for hydroxylation is 1. The van der Waals surface area contributed by atoms with Crippen LogP contribution in [0.3, 0.4) is 0 Å². The Labute approximate surface area is 132 Å². The number of nitrogens with zero attached hydrogens (tertiary/aromatic N) is 1. The molecule has 1 amide bonds. The van der Waals surface area contributed by atoms with Gasteiger partial charge in [0.15, 0.2) is 0 Å². The second-order valence-corrected chi connectivity index (χ2v) is 5.85. The van der Waals surface area contributed by atoms with Gasteiger partial charge in [-0.3, -0.25) is 4.79 Å². The predicted octanol–water partition coefficient (Wildman–Crippen LogP) is 2.97. The summed E-state index contributed by atoms with van der Waals surface area (Å²) in [5, 5.41) is 11.6. The summed E-state index contributed by atoms with van der Waals surface area (Å²) in [6.07, 6.45) is 0.567. The number of carbonyl (C=O) groups excluding carboxylic acids is 1. The van der Waals surface area contributed by atoms with E-state index in [0.29, 0.717) is 18.5 Å². The minimum Gasteiger partial charge on any atom is -0.396 e. The molecule has 1 heterocycles. The Bertz CT molecular complexity index is 632. The number of amides is 1. The summed E-state index contributed by atoms with van der Waals surface area (Å²) in [5.74, 6) is -0.0973. The van der Waals surface area contributed by atoms with Crippen molar-refractivity contribution in [1.29, 1.82) is 0 Å². The number of carbonyl (C=O) groups is 1. The summed E-state index contributed by atoms with van der Waals surface area (Å²) in [6, 6.07) is 9.88. The standard InChI is InChI=1S/C16H19BrN2O2/c1-11-10-15(16(21)18-8-3-9-20)12(2)19(11)14-6-4-13(17)5-7-14/h4-7,10,20H,3,8-9H2,1-2H3,(H,18,21). The van der Waals surface area contributed by atoms with Gasteiger partial charge in [-0.25, -0.2) is 0 Å². The molecular weight excluding hydrogens is 332 g/mol. The molecule has 2 N–H and O–H groups in total. The fraction of sp³-hybridized carbons (Fsp3) is 0.312. The van der Waals surface area contributed by atoms with Gasteiger partial charge in [-0.05, 0) is 50.6 Å². The Hall–Kier alpha value is -1.59. The van der Waals surface area contributed by atoms with Gasteiger partial charge in [0.05, 0.1) is 5.56 Å². The quantitative estimate of drug-likeness (QED) is 0.814. The first kappa shape index (κ1) is 15.8. The number of aliphatic hydroxyl groups excluding tert-OH is 1. The van der Waals surface area contributed by atoms with E-state index in [9.17, 15) is 4.79 Å². The van der Waals surface area contributed by atoms with E-state index >= 15 is 0 Å². The van der Waals surface area contributed by atoms with Gasteiger partial charge in [0, 0.05) is 34.7 Å². The molecule has 0 aliphatic rings. The highest BCUT2D eigenvalue weighted by Crippen LogP contribution is 2.22. The second kappa shape index (κ2) is 6.91. The minimum absolute atomic E-state index is 0.0815. The lowest BCUT2D eigenvalue weighted by atomic mass is 10.2. The minimum atomic E-state index is -0.0973. The van der Waals surface area contributed by atoms with E-state index in [-0.39, 0.29) is 12.5 Å². The summed E-state index contributed by atoms with van der Waals surface area (Å²) in [4.78, 5) is 12.2. The molecule has 0 saturated carbocycles. The Morgan fingerprint density at radius 2 is 1.95 bits per heavy atom. The van der Waals surface area contributed by atoms with Crippen LogP contribution in [0, 0.1) is 13.8 Å². The Morgan fingerprint density at radius 3 is 2.57 bits per heavy atom. The lowest BCUT2D eigenvalue weighted by Gasteiger charge is -2.10. The maximum absolute atomic E-state index is 12.2. The molecule has 0 atom stereocenters. The molecule has 1 aromatic heterocycles. The number of aromatic nitrogens is 1. The third-order valence-electron chi connectivity index (χ3n) is 3.38. The highest BCUT2D eigenvalue weighted by Gasteiger charge is 2.16. The second-order valence-electron chi connectivity index (χ2n) is 4.93. The van der Waals surface area contributed by atoms with E-state index in [1.165, 1.54) is 0 Å². The lowest BCUT2D eigenvalue weighted by molar-refractivity contribution is 0.0950. The molecule has 2 rings (SSSR count). The van der Waals surface area contributed by atoms with Crippen molar-refractivity contribution in [2.45, 2.75) is 20.3 Å². The normalized spacial score (nSPS) is 10.7. The van der Waals surface area contributed by atoms with Crippen LogP contribution >= 0.6 is 15.9 Å². The van der Waals surface area contributed by atoms with Gasteiger partial charge in [0.1, 0.15) is 0 Å². The molecule has 112 valence electrons. The molecule has 0 bridgehead atoms. The van der Waals surface area contributed by atoms with Crippen LogP contribution in [-0.2, 0) is 0 Å². The maximum atomic E-state index is 12.2. The first-order valence-corrected chi connectivity index (χ1v) is 7.68. The van der Waals surface area contributed by atoms with Crippen LogP contribution in [0.1, 0.15) is 28.2 Å². The zero-order valence-electron chi connectivity index (χ0n) is 12.2. The highest BCUT2D eigenvalue weighted by molar-refractivity contribution is 9.10. The van der Waals surface area contributed by atoms with E-state index in [4.69, 9.17) is 5.11 Å². The number of hydrogen-bond acceptors (Lipinski definition) is 2. The molecular formula is C16H19BrN2O2. The molecule has 21 heavy (non-hydrogen) atoms. The Kier molecular flexibility index (Phi) is 5.20. The molecule has 2 aromatic rings. The summed E-state index contributed by atoms with van der Waals surface area (Å²) in [6.45, 7) is 4.49. The van der Waals surface area contributed by atoms with Crippen molar-refractivity contribution in [3.63, 3.8) is 0 Å². The van der Waals surface area contributed by atoms with Crippen LogP contribution in [0.15, 0.2) is 34.8 Å². The molecule has 0 aliphatic carbocycles.